The summed E-state index contributed by atoms with van der Waals surface area (Å²) in [6.07, 6.45) is 3.79. The lowest BCUT2D eigenvalue weighted by molar-refractivity contribution is -0.116. The first-order valence-corrected chi connectivity index (χ1v) is 6.80. The number of carbonyl (C=O) groups excluding carboxylic acids is 2. The highest BCUT2D eigenvalue weighted by molar-refractivity contribution is 5.99. The number of Topliss-reactive ketones (excluding diaryl/α,β-unsaturated/α-hetero) is 1. The third-order valence-corrected chi connectivity index (χ3v) is 3.76. The van der Waals surface area contributed by atoms with Gasteiger partial charge >= 0.3 is 0 Å². The summed E-state index contributed by atoms with van der Waals surface area (Å²) in [5, 5.41) is 2.82. The Hall–Kier alpha value is -1.68. The number of amides is 1. The van der Waals surface area contributed by atoms with Gasteiger partial charge < -0.3 is 10.1 Å². The second-order valence-electron chi connectivity index (χ2n) is 5.18. The third kappa shape index (κ3) is 2.68. The highest BCUT2D eigenvalue weighted by atomic mass is 16.5. The van der Waals surface area contributed by atoms with Crippen LogP contribution in [0.1, 0.15) is 41.6 Å². The predicted molar refractivity (Wildman–Crippen MR) is 71.3 cm³/mol. The highest BCUT2D eigenvalue weighted by Crippen LogP contribution is 2.25. The Morgan fingerprint density at radius 3 is 3.05 bits per heavy atom. The first-order valence-electron chi connectivity index (χ1n) is 6.80. The standard InChI is InChI=1S/C15H17NO3/c17-14(9-12-2-1-7-19-12)11-3-5-13-10(8-11)4-6-15(18)16-13/h3,5,8,12H,1-2,4,6-7,9H2,(H,16,18). The van der Waals surface area contributed by atoms with Gasteiger partial charge in [0, 0.05) is 30.7 Å². The van der Waals surface area contributed by atoms with E-state index in [1.807, 2.05) is 12.1 Å². The average molecular weight is 259 g/mol. The van der Waals surface area contributed by atoms with Gasteiger partial charge in [0.05, 0.1) is 6.10 Å². The van der Waals surface area contributed by atoms with Gasteiger partial charge in [-0.1, -0.05) is 0 Å². The fourth-order valence-corrected chi connectivity index (χ4v) is 2.69. The third-order valence-electron chi connectivity index (χ3n) is 3.76. The van der Waals surface area contributed by atoms with E-state index in [1.54, 1.807) is 6.07 Å². The zero-order chi connectivity index (χ0) is 13.2. The number of anilines is 1. The Morgan fingerprint density at radius 2 is 2.26 bits per heavy atom. The molecule has 2 aliphatic heterocycles. The molecule has 0 aliphatic carbocycles. The largest absolute Gasteiger partial charge is 0.378 e. The van der Waals surface area contributed by atoms with Crippen molar-refractivity contribution in [3.8, 4) is 0 Å². The van der Waals surface area contributed by atoms with E-state index in [4.69, 9.17) is 4.74 Å². The molecule has 100 valence electrons. The topological polar surface area (TPSA) is 55.4 Å². The molecule has 3 rings (SSSR count). The van der Waals surface area contributed by atoms with Gasteiger partial charge in [0.25, 0.3) is 0 Å². The average Bonchev–Trinajstić information content (AvgIpc) is 2.91. The number of benzene rings is 1. The number of rotatable bonds is 3. The van der Waals surface area contributed by atoms with Crippen LogP contribution in [0.15, 0.2) is 18.2 Å². The zero-order valence-electron chi connectivity index (χ0n) is 10.8. The summed E-state index contributed by atoms with van der Waals surface area (Å²) in [4.78, 5) is 23.5. The van der Waals surface area contributed by atoms with Crippen molar-refractivity contribution in [3.63, 3.8) is 0 Å². The Labute approximate surface area is 112 Å². The van der Waals surface area contributed by atoms with E-state index in [0.29, 0.717) is 19.3 Å². The highest BCUT2D eigenvalue weighted by Gasteiger charge is 2.21. The van der Waals surface area contributed by atoms with E-state index in [0.717, 1.165) is 36.3 Å². The maximum absolute atomic E-state index is 12.2. The summed E-state index contributed by atoms with van der Waals surface area (Å²) in [7, 11) is 0. The number of ketones is 1. The Bertz CT molecular complexity index is 518. The number of nitrogens with one attached hydrogen (secondary N) is 1. The van der Waals surface area contributed by atoms with Crippen LogP contribution in [0.2, 0.25) is 0 Å². The lowest BCUT2D eigenvalue weighted by Crippen LogP contribution is -2.19. The second kappa shape index (κ2) is 5.13. The van der Waals surface area contributed by atoms with E-state index in [-0.39, 0.29) is 17.8 Å². The van der Waals surface area contributed by atoms with Gasteiger partial charge in [-0.05, 0) is 43.0 Å². The van der Waals surface area contributed by atoms with Crippen molar-refractivity contribution >= 4 is 17.4 Å². The molecule has 1 N–H and O–H groups in total. The molecule has 1 unspecified atom stereocenters. The predicted octanol–water partition coefficient (Wildman–Crippen LogP) is 2.32. The van der Waals surface area contributed by atoms with E-state index in [1.165, 1.54) is 0 Å². The molecule has 0 radical (unpaired) electrons. The molecule has 4 heteroatoms. The lowest BCUT2D eigenvalue weighted by atomic mass is 9.96. The van der Waals surface area contributed by atoms with Crippen LogP contribution in [0.25, 0.3) is 0 Å². The molecule has 0 saturated carbocycles. The van der Waals surface area contributed by atoms with Gasteiger partial charge in [-0.3, -0.25) is 9.59 Å². The van der Waals surface area contributed by atoms with Crippen molar-refractivity contribution in [3.05, 3.63) is 29.3 Å². The maximum atomic E-state index is 12.2. The van der Waals surface area contributed by atoms with Gasteiger partial charge in [-0.25, -0.2) is 0 Å². The van der Waals surface area contributed by atoms with Crippen LogP contribution in [0, 0.1) is 0 Å². The number of hydrogen-bond donors (Lipinski definition) is 1. The fourth-order valence-electron chi connectivity index (χ4n) is 2.69. The first-order chi connectivity index (χ1) is 9.22. The molecule has 1 amide bonds. The number of aryl methyl sites for hydroxylation is 1. The van der Waals surface area contributed by atoms with Crippen molar-refractivity contribution < 1.29 is 14.3 Å². The summed E-state index contributed by atoms with van der Waals surface area (Å²) in [6, 6.07) is 5.53. The lowest BCUT2D eigenvalue weighted by Gasteiger charge is -2.17. The molecule has 1 aromatic carbocycles. The fraction of sp³-hybridized carbons (Fsp3) is 0.467. The molecule has 1 fully saturated rings. The zero-order valence-corrected chi connectivity index (χ0v) is 10.8. The number of fused-ring (bicyclic) bond motifs is 1. The number of hydrogen-bond acceptors (Lipinski definition) is 3. The van der Waals surface area contributed by atoms with Crippen molar-refractivity contribution in [2.24, 2.45) is 0 Å². The first kappa shape index (κ1) is 12.4. The summed E-state index contributed by atoms with van der Waals surface area (Å²) >= 11 is 0. The minimum Gasteiger partial charge on any atom is -0.378 e. The van der Waals surface area contributed by atoms with Gasteiger partial charge in [-0.2, -0.15) is 0 Å². The molecule has 0 aromatic heterocycles. The smallest absolute Gasteiger partial charge is 0.224 e. The van der Waals surface area contributed by atoms with Crippen LogP contribution in [0.4, 0.5) is 5.69 Å². The van der Waals surface area contributed by atoms with Crippen LogP contribution in [0.3, 0.4) is 0 Å². The molecule has 2 aliphatic rings. The monoisotopic (exact) mass is 259 g/mol. The van der Waals surface area contributed by atoms with Crippen LogP contribution in [-0.4, -0.2) is 24.4 Å². The summed E-state index contributed by atoms with van der Waals surface area (Å²) in [5.41, 5.74) is 2.62. The van der Waals surface area contributed by atoms with Crippen molar-refractivity contribution in [2.75, 3.05) is 11.9 Å². The summed E-state index contributed by atoms with van der Waals surface area (Å²) < 4.78 is 5.49. The van der Waals surface area contributed by atoms with Crippen LogP contribution >= 0.6 is 0 Å². The Kier molecular flexibility index (Phi) is 3.34. The van der Waals surface area contributed by atoms with Gasteiger partial charge in [-0.15, -0.1) is 0 Å². The van der Waals surface area contributed by atoms with Crippen molar-refractivity contribution in [1.29, 1.82) is 0 Å². The van der Waals surface area contributed by atoms with Gasteiger partial charge in [0.1, 0.15) is 0 Å². The quantitative estimate of drug-likeness (QED) is 0.847. The van der Waals surface area contributed by atoms with Gasteiger partial charge in [0.15, 0.2) is 5.78 Å². The molecule has 1 aromatic rings. The molecular formula is C15H17NO3. The molecular weight excluding hydrogens is 242 g/mol. The number of carbonyl (C=O) groups is 2. The van der Waals surface area contributed by atoms with Crippen molar-refractivity contribution in [1.82, 2.24) is 0 Å². The Morgan fingerprint density at radius 1 is 1.37 bits per heavy atom. The maximum Gasteiger partial charge on any atom is 0.224 e. The van der Waals surface area contributed by atoms with Crippen LogP contribution in [-0.2, 0) is 16.0 Å². The molecule has 1 atom stereocenters. The molecule has 0 bridgehead atoms. The molecule has 4 nitrogen and oxygen atoms in total. The Balaban J connectivity index is 1.74. The van der Waals surface area contributed by atoms with Crippen LogP contribution in [0.5, 0.6) is 0 Å². The molecule has 19 heavy (non-hydrogen) atoms. The minimum atomic E-state index is 0.0472. The number of ether oxygens (including phenoxy) is 1. The van der Waals surface area contributed by atoms with Gasteiger partial charge in [0.2, 0.25) is 5.91 Å². The van der Waals surface area contributed by atoms with E-state index >= 15 is 0 Å². The van der Waals surface area contributed by atoms with E-state index in [2.05, 4.69) is 5.32 Å². The van der Waals surface area contributed by atoms with Crippen LogP contribution < -0.4 is 5.32 Å². The SMILES string of the molecule is O=C1CCc2cc(C(=O)CC3CCCO3)ccc2N1. The van der Waals surface area contributed by atoms with E-state index in [9.17, 15) is 9.59 Å². The van der Waals surface area contributed by atoms with E-state index < -0.39 is 0 Å². The normalized spacial score (nSPS) is 21.9. The molecule has 2 heterocycles. The van der Waals surface area contributed by atoms with Crippen molar-refractivity contribution in [2.45, 2.75) is 38.2 Å². The molecule has 0 spiro atoms. The minimum absolute atomic E-state index is 0.0472. The molecule has 1 saturated heterocycles. The summed E-state index contributed by atoms with van der Waals surface area (Å²) in [6.45, 7) is 0.772. The summed E-state index contributed by atoms with van der Waals surface area (Å²) in [5.74, 6) is 0.178. The second-order valence-corrected chi connectivity index (χ2v) is 5.18.